The van der Waals surface area contributed by atoms with Crippen molar-refractivity contribution in [1.29, 1.82) is 0 Å². The summed E-state index contributed by atoms with van der Waals surface area (Å²) < 4.78 is 2.30. The first kappa shape index (κ1) is 9.71. The number of rotatable bonds is 2. The van der Waals surface area contributed by atoms with E-state index in [4.69, 9.17) is 5.73 Å². The fourth-order valence-electron chi connectivity index (χ4n) is 2.27. The van der Waals surface area contributed by atoms with Crippen molar-refractivity contribution in [2.75, 3.05) is 0 Å². The van der Waals surface area contributed by atoms with Gasteiger partial charge in [-0.05, 0) is 39.5 Å². The monoisotopic (exact) mass is 193 g/mol. The molecular formula is C11H19N3. The van der Waals surface area contributed by atoms with Gasteiger partial charge in [-0.3, -0.25) is 0 Å². The van der Waals surface area contributed by atoms with Crippen molar-refractivity contribution in [3.63, 3.8) is 0 Å². The van der Waals surface area contributed by atoms with Crippen molar-refractivity contribution in [2.45, 2.75) is 52.1 Å². The predicted molar refractivity (Wildman–Crippen MR) is 57.3 cm³/mol. The first-order chi connectivity index (χ1) is 6.68. The molecule has 0 saturated heterocycles. The average molecular weight is 193 g/mol. The Balaban J connectivity index is 2.33. The molecule has 78 valence electrons. The van der Waals surface area contributed by atoms with E-state index in [0.717, 1.165) is 18.8 Å². The van der Waals surface area contributed by atoms with E-state index in [1.165, 1.54) is 30.7 Å². The highest BCUT2D eigenvalue weighted by Crippen LogP contribution is 2.21. The number of hydrogen-bond donors (Lipinski definition) is 1. The summed E-state index contributed by atoms with van der Waals surface area (Å²) in [6, 6.07) is 0.217. The van der Waals surface area contributed by atoms with Gasteiger partial charge in [0.2, 0.25) is 0 Å². The normalized spacial score (nSPS) is 17.9. The van der Waals surface area contributed by atoms with Crippen LogP contribution >= 0.6 is 0 Å². The van der Waals surface area contributed by atoms with Crippen LogP contribution in [0.1, 0.15) is 37.0 Å². The maximum absolute atomic E-state index is 5.84. The van der Waals surface area contributed by atoms with Crippen LogP contribution in [-0.4, -0.2) is 15.6 Å². The van der Waals surface area contributed by atoms with Crippen LogP contribution < -0.4 is 5.73 Å². The quantitative estimate of drug-likeness (QED) is 0.772. The molecule has 0 unspecified atom stereocenters. The molecule has 0 bridgehead atoms. The molecule has 0 amide bonds. The summed E-state index contributed by atoms with van der Waals surface area (Å²) in [6.07, 6.45) is 4.93. The lowest BCUT2D eigenvalue weighted by Gasteiger charge is -2.16. The maximum atomic E-state index is 5.84. The third-order valence-electron chi connectivity index (χ3n) is 2.89. The lowest BCUT2D eigenvalue weighted by molar-refractivity contribution is 0.542. The summed E-state index contributed by atoms with van der Waals surface area (Å²) in [6.45, 7) is 5.05. The zero-order chi connectivity index (χ0) is 10.1. The van der Waals surface area contributed by atoms with Gasteiger partial charge in [0.05, 0.1) is 5.69 Å². The second-order valence-electron chi connectivity index (χ2n) is 4.35. The van der Waals surface area contributed by atoms with Gasteiger partial charge in [-0.2, -0.15) is 0 Å². The Morgan fingerprint density at radius 3 is 2.86 bits per heavy atom. The summed E-state index contributed by atoms with van der Waals surface area (Å²) in [7, 11) is 0. The molecule has 3 nitrogen and oxygen atoms in total. The van der Waals surface area contributed by atoms with E-state index in [1.807, 2.05) is 0 Å². The molecule has 14 heavy (non-hydrogen) atoms. The van der Waals surface area contributed by atoms with Crippen LogP contribution in [0.25, 0.3) is 0 Å². The molecule has 0 saturated carbocycles. The number of fused-ring (bicyclic) bond motifs is 1. The van der Waals surface area contributed by atoms with E-state index >= 15 is 0 Å². The van der Waals surface area contributed by atoms with Crippen LogP contribution in [0, 0.1) is 6.92 Å². The molecule has 1 aliphatic carbocycles. The zero-order valence-electron chi connectivity index (χ0n) is 9.08. The first-order valence-electron chi connectivity index (χ1n) is 5.49. The largest absolute Gasteiger partial charge is 0.330 e. The number of hydrogen-bond acceptors (Lipinski definition) is 2. The molecule has 3 heteroatoms. The smallest absolute Gasteiger partial charge is 0.106 e. The second kappa shape index (κ2) is 3.73. The highest BCUT2D eigenvalue weighted by Gasteiger charge is 2.18. The fourth-order valence-corrected chi connectivity index (χ4v) is 2.27. The van der Waals surface area contributed by atoms with Gasteiger partial charge >= 0.3 is 0 Å². The molecule has 2 rings (SSSR count). The summed E-state index contributed by atoms with van der Waals surface area (Å²) in [4.78, 5) is 4.61. The minimum atomic E-state index is 0.217. The van der Waals surface area contributed by atoms with Gasteiger partial charge in [-0.15, -0.1) is 0 Å². The molecule has 0 fully saturated rings. The molecule has 1 aromatic heterocycles. The van der Waals surface area contributed by atoms with Crippen LogP contribution in [0.3, 0.4) is 0 Å². The van der Waals surface area contributed by atoms with Crippen LogP contribution in [0.2, 0.25) is 0 Å². The Morgan fingerprint density at radius 2 is 2.14 bits per heavy atom. The van der Waals surface area contributed by atoms with Gasteiger partial charge in [0.25, 0.3) is 0 Å². The highest BCUT2D eigenvalue weighted by molar-refractivity contribution is 5.20. The number of nitrogens with two attached hydrogens (primary N) is 1. The van der Waals surface area contributed by atoms with Crippen molar-refractivity contribution >= 4 is 0 Å². The van der Waals surface area contributed by atoms with E-state index in [1.54, 1.807) is 0 Å². The van der Waals surface area contributed by atoms with E-state index in [2.05, 4.69) is 23.4 Å². The predicted octanol–water partition coefficient (Wildman–Crippen LogP) is 1.42. The SMILES string of the molecule is Cc1nc2c(n1C[C@H](C)N)CCCC2. The molecule has 1 atom stereocenters. The Hall–Kier alpha value is -0.830. The summed E-state index contributed by atoms with van der Waals surface area (Å²) in [5, 5.41) is 0. The minimum absolute atomic E-state index is 0.217. The number of imidazole rings is 1. The highest BCUT2D eigenvalue weighted by atomic mass is 15.1. The molecule has 1 aromatic rings. The van der Waals surface area contributed by atoms with Crippen molar-refractivity contribution in [1.82, 2.24) is 9.55 Å². The van der Waals surface area contributed by atoms with Gasteiger partial charge in [-0.1, -0.05) is 0 Å². The molecule has 1 aliphatic rings. The second-order valence-corrected chi connectivity index (χ2v) is 4.35. The summed E-state index contributed by atoms with van der Waals surface area (Å²) in [5.41, 5.74) is 8.59. The standard InChI is InChI=1S/C11H19N3/c1-8(12)7-14-9(2)13-10-5-3-4-6-11(10)14/h8H,3-7,12H2,1-2H3/t8-/m0/s1. The Bertz CT molecular complexity index is 326. The Morgan fingerprint density at radius 1 is 1.43 bits per heavy atom. The lowest BCUT2D eigenvalue weighted by Crippen LogP contribution is -2.24. The molecule has 1 heterocycles. The summed E-state index contributed by atoms with van der Waals surface area (Å²) in [5.74, 6) is 1.13. The Kier molecular flexibility index (Phi) is 2.59. The van der Waals surface area contributed by atoms with E-state index in [9.17, 15) is 0 Å². The summed E-state index contributed by atoms with van der Waals surface area (Å²) >= 11 is 0. The van der Waals surface area contributed by atoms with Crippen LogP contribution in [0.4, 0.5) is 0 Å². The molecule has 0 radical (unpaired) electrons. The van der Waals surface area contributed by atoms with Gasteiger partial charge in [0.1, 0.15) is 5.82 Å². The third kappa shape index (κ3) is 1.69. The van der Waals surface area contributed by atoms with Crippen LogP contribution in [0.5, 0.6) is 0 Å². The molecule has 2 N–H and O–H groups in total. The van der Waals surface area contributed by atoms with Crippen LogP contribution in [0.15, 0.2) is 0 Å². The maximum Gasteiger partial charge on any atom is 0.106 e. The zero-order valence-corrected chi connectivity index (χ0v) is 9.08. The average Bonchev–Trinajstić information content (AvgIpc) is 2.43. The molecule has 0 spiro atoms. The van der Waals surface area contributed by atoms with Crippen LogP contribution in [-0.2, 0) is 19.4 Å². The van der Waals surface area contributed by atoms with Gasteiger partial charge < -0.3 is 10.3 Å². The van der Waals surface area contributed by atoms with Crippen molar-refractivity contribution in [3.8, 4) is 0 Å². The van der Waals surface area contributed by atoms with Crippen molar-refractivity contribution in [3.05, 3.63) is 17.2 Å². The molecular weight excluding hydrogens is 174 g/mol. The van der Waals surface area contributed by atoms with E-state index < -0.39 is 0 Å². The van der Waals surface area contributed by atoms with Crippen molar-refractivity contribution in [2.24, 2.45) is 5.73 Å². The van der Waals surface area contributed by atoms with E-state index in [-0.39, 0.29) is 6.04 Å². The number of nitrogens with zero attached hydrogens (tertiary/aromatic N) is 2. The van der Waals surface area contributed by atoms with E-state index in [0.29, 0.717) is 0 Å². The number of aryl methyl sites for hydroxylation is 2. The first-order valence-corrected chi connectivity index (χ1v) is 5.49. The fraction of sp³-hybridized carbons (Fsp3) is 0.727. The molecule has 0 aliphatic heterocycles. The third-order valence-corrected chi connectivity index (χ3v) is 2.89. The van der Waals surface area contributed by atoms with Gasteiger partial charge in [-0.25, -0.2) is 4.98 Å². The lowest BCUT2D eigenvalue weighted by atomic mass is 10.0. The van der Waals surface area contributed by atoms with Gasteiger partial charge in [0, 0.05) is 18.3 Å². The minimum Gasteiger partial charge on any atom is -0.330 e. The number of aromatic nitrogens is 2. The van der Waals surface area contributed by atoms with Crippen molar-refractivity contribution < 1.29 is 0 Å². The van der Waals surface area contributed by atoms with Gasteiger partial charge in [0.15, 0.2) is 0 Å². The molecule has 0 aromatic carbocycles. The topological polar surface area (TPSA) is 43.8 Å². The Labute approximate surface area is 85.3 Å².